The molecule has 0 fully saturated rings. The summed E-state index contributed by atoms with van der Waals surface area (Å²) in [6.45, 7) is 1.99. The van der Waals surface area contributed by atoms with E-state index in [0.717, 1.165) is 69.6 Å². The van der Waals surface area contributed by atoms with Gasteiger partial charge in [-0.3, -0.25) is 10.1 Å². The average molecular weight is 1180 g/mol. The van der Waals surface area contributed by atoms with Gasteiger partial charge >= 0.3 is 11.7 Å². The molecule has 68 heavy (non-hydrogen) atoms. The van der Waals surface area contributed by atoms with Crippen LogP contribution in [0.1, 0.15) is 18.1 Å². The molecule has 10 aromatic heterocycles. The van der Waals surface area contributed by atoms with Crippen molar-refractivity contribution in [2.75, 3.05) is 17.2 Å². The van der Waals surface area contributed by atoms with Gasteiger partial charge in [-0.1, -0.05) is 12.2 Å². The summed E-state index contributed by atoms with van der Waals surface area (Å²) in [5.41, 5.74) is 25.1. The van der Waals surface area contributed by atoms with E-state index < -0.39 is 10.9 Å². The maximum Gasteiger partial charge on any atom is 0.328 e. The number of aryl methyl sites for hydroxylation is 2. The lowest BCUT2D eigenvalue weighted by Crippen LogP contribution is -2.24. The summed E-state index contributed by atoms with van der Waals surface area (Å²) in [6.07, 6.45) is 23.3. The second kappa shape index (κ2) is 24.8. The van der Waals surface area contributed by atoms with Gasteiger partial charge in [-0.2, -0.15) is 0 Å². The number of nitrogens with one attached hydrogen (secondary N) is 3. The predicted molar refractivity (Wildman–Crippen MR) is 274 cm³/mol. The number of aromatic nitrogens is 14. The number of fused-ring (bicyclic) bond motifs is 4. The molecule has 10 rings (SSSR count). The van der Waals surface area contributed by atoms with Crippen LogP contribution in [-0.2, 0) is 18.9 Å². The Morgan fingerprint density at radius 3 is 1.88 bits per heavy atom. The second-order valence-corrected chi connectivity index (χ2v) is 17.1. The van der Waals surface area contributed by atoms with Gasteiger partial charge in [0.1, 0.15) is 5.82 Å². The minimum atomic E-state index is -0.977. The number of hydrogen-bond donors (Lipinski definition) is 7. The van der Waals surface area contributed by atoms with E-state index in [1.807, 2.05) is 67.0 Å². The van der Waals surface area contributed by atoms with Crippen molar-refractivity contribution in [2.24, 2.45) is 14.1 Å². The SMILES string of the molecule is Brc1cnc2nc[nH]c2c1.C/C=C/c1cnc2ncn(C)c2c1.C[n+]1c[nH]c2ncc(Br)cc21.Nc1cc(Br)cnc1N.Nc1ncc(Br)cc1[N+](=O)[O-].O=C(O)/C=C/c1cnc2nc[nH]c2c1. The molecule has 10 aromatic rings. The molecule has 0 bridgehead atoms. The number of carbonyl (C=O) groups is 1. The molecule has 0 aliphatic heterocycles. The molecule has 10 heterocycles. The smallest absolute Gasteiger partial charge is 0.328 e. The molecule has 0 aromatic carbocycles. The number of allylic oxidation sites excluding steroid dienone is 1. The Balaban J connectivity index is 0.000000153. The molecular weight excluding hydrogens is 1140 g/mol. The van der Waals surface area contributed by atoms with Gasteiger partial charge in [-0.15, -0.1) is 0 Å². The molecule has 0 amide bonds. The first-order valence-corrected chi connectivity index (χ1v) is 22.4. The lowest BCUT2D eigenvalue weighted by Gasteiger charge is -1.96. The number of carboxylic acid groups (broad SMARTS) is 1. The van der Waals surface area contributed by atoms with Crippen molar-refractivity contribution < 1.29 is 19.4 Å². The Morgan fingerprint density at radius 1 is 0.706 bits per heavy atom. The third-order valence-corrected chi connectivity index (χ3v) is 10.2. The van der Waals surface area contributed by atoms with E-state index in [4.69, 9.17) is 22.3 Å². The predicted octanol–water partition coefficient (Wildman–Crippen LogP) is 8.27. The summed E-state index contributed by atoms with van der Waals surface area (Å²) in [7, 11) is 3.95. The Kier molecular flexibility index (Phi) is 18.8. The van der Waals surface area contributed by atoms with Crippen LogP contribution in [-0.4, -0.2) is 80.4 Å². The van der Waals surface area contributed by atoms with Crippen LogP contribution >= 0.6 is 63.7 Å². The van der Waals surface area contributed by atoms with E-state index in [-0.39, 0.29) is 11.5 Å². The summed E-state index contributed by atoms with van der Waals surface area (Å²) in [5, 5.41) is 18.7. The number of hydrogen-bond acceptors (Lipinski definition) is 15. The molecule has 0 spiro atoms. The monoisotopic (exact) mass is 1180 g/mol. The molecule has 0 radical (unpaired) electrons. The zero-order chi connectivity index (χ0) is 49.3. The van der Waals surface area contributed by atoms with Gasteiger partial charge in [0.2, 0.25) is 12.1 Å². The van der Waals surface area contributed by atoms with E-state index >= 15 is 0 Å². The van der Waals surface area contributed by atoms with Crippen molar-refractivity contribution in [1.29, 1.82) is 0 Å². The van der Waals surface area contributed by atoms with Crippen LogP contribution in [0, 0.1) is 10.1 Å². The number of aromatic amines is 3. The maximum atomic E-state index is 10.3. The Hall–Kier alpha value is -7.55. The van der Waals surface area contributed by atoms with Crippen LogP contribution in [0.2, 0.25) is 0 Å². The zero-order valence-electron chi connectivity index (χ0n) is 35.8. The fraction of sp³-hybridized carbons (Fsp3) is 0.0714. The minimum Gasteiger partial charge on any atom is -0.478 e. The summed E-state index contributed by atoms with van der Waals surface area (Å²) in [5.74, 6) is -0.675. The van der Waals surface area contributed by atoms with Gasteiger partial charge in [-0.25, -0.2) is 59.2 Å². The average Bonchev–Trinajstić information content (AvgIpc) is 4.14. The minimum absolute atomic E-state index is 0.0711. The van der Waals surface area contributed by atoms with E-state index in [1.165, 1.54) is 18.3 Å². The van der Waals surface area contributed by atoms with Crippen LogP contribution in [0.5, 0.6) is 0 Å². The van der Waals surface area contributed by atoms with Crippen LogP contribution in [0.3, 0.4) is 0 Å². The van der Waals surface area contributed by atoms with E-state index in [2.05, 4.69) is 130 Å². The van der Waals surface area contributed by atoms with Gasteiger partial charge in [0.15, 0.2) is 22.5 Å². The molecule has 22 nitrogen and oxygen atoms in total. The lowest BCUT2D eigenvalue weighted by molar-refractivity contribution is -0.644. The first-order chi connectivity index (χ1) is 32.5. The topological polar surface area (TPSA) is 331 Å². The van der Waals surface area contributed by atoms with Crippen LogP contribution in [0.25, 0.3) is 56.8 Å². The Bertz CT molecular complexity index is 3370. The van der Waals surface area contributed by atoms with E-state index in [0.29, 0.717) is 21.6 Å². The number of nitrogens with two attached hydrogens (primary N) is 3. The quantitative estimate of drug-likeness (QED) is 0.0377. The Labute approximate surface area is 419 Å². The number of rotatable bonds is 4. The number of pyridine rings is 6. The second-order valence-electron chi connectivity index (χ2n) is 13.5. The van der Waals surface area contributed by atoms with Gasteiger partial charge in [-0.05, 0) is 112 Å². The first kappa shape index (κ1) is 51.4. The van der Waals surface area contributed by atoms with E-state index in [1.54, 1.807) is 55.9 Å². The third-order valence-electron chi connectivity index (χ3n) is 8.50. The Morgan fingerprint density at radius 2 is 1.26 bits per heavy atom. The van der Waals surface area contributed by atoms with Gasteiger partial charge in [0, 0.05) is 80.3 Å². The highest BCUT2D eigenvalue weighted by atomic mass is 79.9. The number of halogens is 4. The molecule has 0 saturated carbocycles. The molecule has 26 heteroatoms. The van der Waals surface area contributed by atoms with Crippen molar-refractivity contribution in [3.05, 3.63) is 150 Å². The number of H-pyrrole nitrogens is 3. The number of carboxylic acids is 1. The van der Waals surface area contributed by atoms with Gasteiger partial charge < -0.3 is 36.8 Å². The normalized spacial score (nSPS) is 10.6. The highest BCUT2D eigenvalue weighted by Crippen LogP contribution is 2.22. The number of nitro groups is 1. The highest BCUT2D eigenvalue weighted by Gasteiger charge is 2.12. The third kappa shape index (κ3) is 15.3. The van der Waals surface area contributed by atoms with Gasteiger partial charge in [0.25, 0.3) is 5.65 Å². The first-order valence-electron chi connectivity index (χ1n) is 19.3. The zero-order valence-corrected chi connectivity index (χ0v) is 42.2. The van der Waals surface area contributed by atoms with Crippen LogP contribution in [0.15, 0.2) is 129 Å². The molecule has 0 aliphatic carbocycles. The van der Waals surface area contributed by atoms with Gasteiger partial charge in [0.05, 0.1) is 53.2 Å². The van der Waals surface area contributed by atoms with Crippen molar-refractivity contribution in [3.8, 4) is 0 Å². The fourth-order valence-electron chi connectivity index (χ4n) is 5.30. The molecule has 0 unspecified atom stereocenters. The number of imidazole rings is 4. The summed E-state index contributed by atoms with van der Waals surface area (Å²) in [4.78, 5) is 64.8. The van der Waals surface area contributed by atoms with Crippen LogP contribution < -0.4 is 21.8 Å². The summed E-state index contributed by atoms with van der Waals surface area (Å²) >= 11 is 12.9. The summed E-state index contributed by atoms with van der Waals surface area (Å²) in [6, 6.07) is 10.9. The number of aliphatic carboxylic acids is 1. The number of anilines is 3. The molecule has 10 N–H and O–H groups in total. The van der Waals surface area contributed by atoms with Crippen molar-refractivity contribution in [1.82, 2.24) is 64.4 Å². The van der Waals surface area contributed by atoms with Crippen molar-refractivity contribution in [3.63, 3.8) is 0 Å². The van der Waals surface area contributed by atoms with Crippen molar-refractivity contribution >= 4 is 150 Å². The molecular formula is C42H39Br4N18O4+. The standard InChI is InChI=1S/C10H11N3.C9H7N3O2.C7H6BrN3.C6H4BrN3.C5H4BrN3O2.C5H6BrN3/c1-3-4-8-5-9-10(11-6-8)12-7-13(9)2;13-8(14)2-1-6-3-7-9(10-4-6)12-5-11-7;1-11-4-10-7-6(11)2-5(8)3-9-7;7-4-1-5-6(8-2-4)10-3-9-5;6-3-1-4(9(10)11)5(7)8-2-3;6-3-1-4(7)5(8)9-2-3/h3-7H,1-2H3;1-5H,(H,13,14)(H,10,11,12);2-4H,1H3;1-3H,(H,8,9,10);1-2H,(H2,7,8);1-2H,7H2,(H2,8,9)/p+1/b4-3+;2-1+;;;;. The largest absolute Gasteiger partial charge is 0.478 e. The van der Waals surface area contributed by atoms with Crippen molar-refractivity contribution in [2.45, 2.75) is 6.92 Å². The maximum absolute atomic E-state index is 10.3. The summed E-state index contributed by atoms with van der Waals surface area (Å²) < 4.78 is 7.31. The number of nitrogen functional groups attached to an aromatic ring is 3. The number of nitrogens with zero attached hydrogens (tertiary/aromatic N) is 12. The van der Waals surface area contributed by atoms with Crippen LogP contribution in [0.4, 0.5) is 23.0 Å². The molecule has 348 valence electrons. The molecule has 0 saturated heterocycles. The molecule has 0 atom stereocenters. The molecule has 0 aliphatic rings. The lowest BCUT2D eigenvalue weighted by atomic mass is 10.2. The van der Waals surface area contributed by atoms with E-state index in [9.17, 15) is 14.9 Å². The highest BCUT2D eigenvalue weighted by molar-refractivity contribution is 9.11. The fourth-order valence-corrected chi connectivity index (χ4v) is 6.62.